The topological polar surface area (TPSA) is 16.1 Å². The van der Waals surface area contributed by atoms with E-state index in [4.69, 9.17) is 0 Å². The number of hydrogen-bond acceptors (Lipinski definition) is 2. The maximum absolute atomic E-state index is 4.57. The van der Waals surface area contributed by atoms with Gasteiger partial charge < -0.3 is 0 Å². The normalized spacial score (nSPS) is 26.6. The van der Waals surface area contributed by atoms with E-state index in [1.165, 1.54) is 73.3 Å². The minimum absolute atomic E-state index is 0. The summed E-state index contributed by atoms with van der Waals surface area (Å²) >= 11 is 0. The molecule has 3 aliphatic rings. The van der Waals surface area contributed by atoms with Crippen molar-refractivity contribution in [1.82, 2.24) is 9.88 Å². The zero-order valence-corrected chi connectivity index (χ0v) is 17.4. The van der Waals surface area contributed by atoms with Crippen molar-refractivity contribution in [1.29, 1.82) is 0 Å². The third-order valence-corrected chi connectivity index (χ3v) is 6.95. The Morgan fingerprint density at radius 2 is 1.85 bits per heavy atom. The number of halogens is 1. The molecule has 3 heterocycles. The Hall–Kier alpha value is -1.19. The van der Waals surface area contributed by atoms with Gasteiger partial charge in [0.15, 0.2) is 0 Å². The maximum atomic E-state index is 4.57. The van der Waals surface area contributed by atoms with Crippen molar-refractivity contribution >= 4 is 33.3 Å². The van der Waals surface area contributed by atoms with Crippen LogP contribution in [-0.2, 0) is 0 Å². The minimum Gasteiger partial charge on any atom is -0.297 e. The highest BCUT2D eigenvalue weighted by molar-refractivity contribution is 8.93. The zero-order valence-electron chi connectivity index (χ0n) is 15.7. The molecule has 2 atom stereocenters. The Morgan fingerprint density at radius 3 is 2.65 bits per heavy atom. The maximum Gasteiger partial charge on any atom is 0.0349 e. The zero-order chi connectivity index (χ0) is 16.8. The largest absolute Gasteiger partial charge is 0.297 e. The molecule has 1 aromatic carbocycles. The van der Waals surface area contributed by atoms with Gasteiger partial charge in [-0.1, -0.05) is 43.5 Å². The van der Waals surface area contributed by atoms with Gasteiger partial charge in [-0.3, -0.25) is 9.88 Å². The van der Waals surface area contributed by atoms with Crippen molar-refractivity contribution in [3.05, 3.63) is 47.8 Å². The average Bonchev–Trinajstić information content (AvgIpc) is 2.88. The SMILES string of the molecule is Br.CN1C2C=C(c3cncc4ccc(C5CCCCC5)cc34)CC1CC2. The molecule has 0 spiro atoms. The van der Waals surface area contributed by atoms with E-state index in [-0.39, 0.29) is 17.0 Å². The third kappa shape index (κ3) is 3.14. The van der Waals surface area contributed by atoms with E-state index in [1.54, 1.807) is 5.56 Å². The first-order valence-corrected chi connectivity index (χ1v) is 10.1. The summed E-state index contributed by atoms with van der Waals surface area (Å²) in [6.45, 7) is 0. The predicted octanol–water partition coefficient (Wildman–Crippen LogP) is 6.11. The van der Waals surface area contributed by atoms with E-state index in [0.717, 1.165) is 12.0 Å². The lowest BCUT2D eigenvalue weighted by atomic mass is 9.83. The monoisotopic (exact) mass is 412 g/mol. The van der Waals surface area contributed by atoms with E-state index in [1.807, 2.05) is 6.20 Å². The molecule has 1 aliphatic carbocycles. The van der Waals surface area contributed by atoms with Gasteiger partial charge in [0.1, 0.15) is 0 Å². The molecule has 2 unspecified atom stereocenters. The minimum atomic E-state index is 0. The molecule has 2 bridgehead atoms. The smallest absolute Gasteiger partial charge is 0.0349 e. The summed E-state index contributed by atoms with van der Waals surface area (Å²) in [6, 6.07) is 8.51. The molecule has 1 aromatic heterocycles. The second-order valence-electron chi connectivity index (χ2n) is 8.36. The summed E-state index contributed by atoms with van der Waals surface area (Å²) in [7, 11) is 2.29. The van der Waals surface area contributed by atoms with Crippen molar-refractivity contribution < 1.29 is 0 Å². The number of pyridine rings is 1. The summed E-state index contributed by atoms with van der Waals surface area (Å²) in [5, 5.41) is 2.72. The molecule has 2 nitrogen and oxygen atoms in total. The molecule has 2 fully saturated rings. The molecule has 0 N–H and O–H groups in total. The summed E-state index contributed by atoms with van der Waals surface area (Å²) < 4.78 is 0. The first-order chi connectivity index (χ1) is 12.3. The van der Waals surface area contributed by atoms with Crippen LogP contribution in [0.4, 0.5) is 0 Å². The van der Waals surface area contributed by atoms with Crippen LogP contribution >= 0.6 is 17.0 Å². The standard InChI is InChI=1S/C23H28N2.BrH/c1-25-20-9-10-21(25)12-19(11-20)23-15-24-14-18-8-7-17(13-22(18)23)16-5-3-2-4-6-16;/h7-8,11,13-16,20-21H,2-6,9-10,12H2,1H3;1H. The summed E-state index contributed by atoms with van der Waals surface area (Å²) in [4.78, 5) is 7.13. The lowest BCUT2D eigenvalue weighted by Crippen LogP contribution is -2.34. The Bertz CT molecular complexity index is 822. The fourth-order valence-electron chi connectivity index (χ4n) is 5.37. The van der Waals surface area contributed by atoms with Crippen LogP contribution < -0.4 is 0 Å². The number of aromatic nitrogens is 1. The predicted molar refractivity (Wildman–Crippen MR) is 115 cm³/mol. The van der Waals surface area contributed by atoms with Crippen LogP contribution in [-0.4, -0.2) is 29.0 Å². The first kappa shape index (κ1) is 18.2. The first-order valence-electron chi connectivity index (χ1n) is 10.1. The van der Waals surface area contributed by atoms with Crippen LogP contribution in [0.5, 0.6) is 0 Å². The number of rotatable bonds is 2. The molecule has 3 heteroatoms. The van der Waals surface area contributed by atoms with E-state index in [2.05, 4.69) is 47.4 Å². The quantitative estimate of drug-likeness (QED) is 0.591. The Kier molecular flexibility index (Phi) is 5.20. The van der Waals surface area contributed by atoms with Crippen molar-refractivity contribution in [3.63, 3.8) is 0 Å². The third-order valence-electron chi connectivity index (χ3n) is 6.95. The van der Waals surface area contributed by atoms with Crippen LogP contribution in [0, 0.1) is 0 Å². The number of benzene rings is 1. The summed E-state index contributed by atoms with van der Waals surface area (Å²) in [5.41, 5.74) is 4.47. The molecule has 26 heavy (non-hydrogen) atoms. The molecule has 1 saturated heterocycles. The average molecular weight is 413 g/mol. The van der Waals surface area contributed by atoms with Gasteiger partial charge in [0.05, 0.1) is 0 Å². The fraction of sp³-hybridized carbons (Fsp3) is 0.522. The molecular weight excluding hydrogens is 384 g/mol. The second-order valence-corrected chi connectivity index (χ2v) is 8.36. The highest BCUT2D eigenvalue weighted by Crippen LogP contribution is 2.40. The highest BCUT2D eigenvalue weighted by Gasteiger charge is 2.34. The van der Waals surface area contributed by atoms with Crippen LogP contribution in [0.15, 0.2) is 36.7 Å². The summed E-state index contributed by atoms with van der Waals surface area (Å²) in [6.07, 6.45) is 17.4. The molecule has 0 amide bonds. The Labute approximate surface area is 167 Å². The number of hydrogen-bond donors (Lipinski definition) is 0. The van der Waals surface area contributed by atoms with Crippen LogP contribution in [0.2, 0.25) is 0 Å². The van der Waals surface area contributed by atoms with Gasteiger partial charge in [-0.05, 0) is 61.6 Å². The van der Waals surface area contributed by atoms with Crippen LogP contribution in [0.1, 0.15) is 68.4 Å². The molecule has 2 aromatic rings. The van der Waals surface area contributed by atoms with Crippen LogP contribution in [0.25, 0.3) is 16.3 Å². The van der Waals surface area contributed by atoms with Gasteiger partial charge >= 0.3 is 0 Å². The highest BCUT2D eigenvalue weighted by atomic mass is 79.9. The fourth-order valence-corrected chi connectivity index (χ4v) is 5.37. The molecule has 138 valence electrons. The van der Waals surface area contributed by atoms with Gasteiger partial charge in [-0.2, -0.15) is 0 Å². The van der Waals surface area contributed by atoms with Gasteiger partial charge in [-0.25, -0.2) is 0 Å². The van der Waals surface area contributed by atoms with Crippen LogP contribution in [0.3, 0.4) is 0 Å². The van der Waals surface area contributed by atoms with E-state index < -0.39 is 0 Å². The van der Waals surface area contributed by atoms with Crippen molar-refractivity contribution in [2.24, 2.45) is 0 Å². The van der Waals surface area contributed by atoms with Gasteiger partial charge in [0.2, 0.25) is 0 Å². The molecule has 5 rings (SSSR count). The number of fused-ring (bicyclic) bond motifs is 3. The van der Waals surface area contributed by atoms with Crippen molar-refractivity contribution in [2.75, 3.05) is 7.05 Å². The second kappa shape index (κ2) is 7.44. The summed E-state index contributed by atoms with van der Waals surface area (Å²) in [5.74, 6) is 0.766. The van der Waals surface area contributed by atoms with E-state index in [9.17, 15) is 0 Å². The van der Waals surface area contributed by atoms with E-state index >= 15 is 0 Å². The van der Waals surface area contributed by atoms with Gasteiger partial charge in [-0.15, -0.1) is 17.0 Å². The van der Waals surface area contributed by atoms with Gasteiger partial charge in [0.25, 0.3) is 0 Å². The molecule has 0 radical (unpaired) electrons. The van der Waals surface area contributed by atoms with E-state index in [0.29, 0.717) is 6.04 Å². The number of nitrogens with zero attached hydrogens (tertiary/aromatic N) is 2. The van der Waals surface area contributed by atoms with Crippen molar-refractivity contribution in [3.8, 4) is 0 Å². The lowest BCUT2D eigenvalue weighted by Gasteiger charge is -2.30. The van der Waals surface area contributed by atoms with Gasteiger partial charge in [0, 0.05) is 35.4 Å². The molecular formula is C23H29BrN2. The van der Waals surface area contributed by atoms with Crippen molar-refractivity contribution in [2.45, 2.75) is 69.4 Å². The molecule has 2 aliphatic heterocycles. The Balaban J connectivity index is 0.00000168. The lowest BCUT2D eigenvalue weighted by molar-refractivity contribution is 0.264. The Morgan fingerprint density at radius 1 is 1.00 bits per heavy atom. The molecule has 1 saturated carbocycles. The number of likely N-dealkylation sites (N-methyl/N-ethyl adjacent to an activating group) is 1.